The van der Waals surface area contributed by atoms with E-state index in [0.717, 1.165) is 18.0 Å². The van der Waals surface area contributed by atoms with Crippen molar-refractivity contribution in [1.29, 1.82) is 0 Å². The Kier molecular flexibility index (Phi) is 3.41. The van der Waals surface area contributed by atoms with Crippen molar-refractivity contribution in [3.8, 4) is 0 Å². The molecular weight excluding hydrogens is 246 g/mol. The molecular formula is C17H25N3. The Labute approximate surface area is 121 Å². The Morgan fingerprint density at radius 1 is 1.00 bits per heavy atom. The van der Waals surface area contributed by atoms with Crippen molar-refractivity contribution in [2.75, 3.05) is 37.6 Å². The van der Waals surface area contributed by atoms with Crippen LogP contribution in [0.15, 0.2) is 30.3 Å². The van der Waals surface area contributed by atoms with Gasteiger partial charge in [-0.2, -0.15) is 0 Å². The van der Waals surface area contributed by atoms with Crippen molar-refractivity contribution in [3.63, 3.8) is 0 Å². The first-order valence-electron chi connectivity index (χ1n) is 8.17. The first kappa shape index (κ1) is 12.7. The van der Waals surface area contributed by atoms with Gasteiger partial charge in [0.25, 0.3) is 0 Å². The first-order chi connectivity index (χ1) is 9.88. The minimum atomic E-state index is 0.826. The highest BCUT2D eigenvalue weighted by atomic mass is 15.3. The maximum absolute atomic E-state index is 3.77. The fraction of sp³-hybridized carbons (Fsp3) is 0.647. The number of piperazine rings is 1. The van der Waals surface area contributed by atoms with Gasteiger partial charge >= 0.3 is 0 Å². The number of benzene rings is 1. The summed E-state index contributed by atoms with van der Waals surface area (Å²) < 4.78 is 0. The number of anilines is 1. The van der Waals surface area contributed by atoms with Crippen molar-refractivity contribution in [1.82, 2.24) is 10.2 Å². The van der Waals surface area contributed by atoms with Gasteiger partial charge in [-0.1, -0.05) is 18.2 Å². The smallest absolute Gasteiger partial charge is 0.0367 e. The first-order valence-corrected chi connectivity index (χ1v) is 8.17. The van der Waals surface area contributed by atoms with E-state index in [2.05, 4.69) is 45.4 Å². The highest BCUT2D eigenvalue weighted by Crippen LogP contribution is 2.33. The SMILES string of the molecule is c1ccc(N2CCN(CC3CC4CCC3N4)CC2)cc1. The molecule has 4 rings (SSSR count). The van der Waals surface area contributed by atoms with Crippen LogP contribution in [0.5, 0.6) is 0 Å². The number of nitrogens with one attached hydrogen (secondary N) is 1. The Morgan fingerprint density at radius 3 is 2.45 bits per heavy atom. The molecule has 1 N–H and O–H groups in total. The molecule has 0 saturated carbocycles. The maximum Gasteiger partial charge on any atom is 0.0367 e. The average Bonchev–Trinajstić information content (AvgIpc) is 3.12. The third kappa shape index (κ3) is 2.45. The van der Waals surface area contributed by atoms with Crippen LogP contribution in [0.1, 0.15) is 19.3 Å². The van der Waals surface area contributed by atoms with Crippen LogP contribution in [0.25, 0.3) is 0 Å². The van der Waals surface area contributed by atoms with E-state index < -0.39 is 0 Å². The molecule has 0 aliphatic carbocycles. The van der Waals surface area contributed by atoms with E-state index in [1.807, 2.05) is 0 Å². The second-order valence-corrected chi connectivity index (χ2v) is 6.67. The lowest BCUT2D eigenvalue weighted by Gasteiger charge is -2.38. The number of rotatable bonds is 3. The van der Waals surface area contributed by atoms with Gasteiger partial charge in [-0.05, 0) is 37.3 Å². The largest absolute Gasteiger partial charge is 0.369 e. The van der Waals surface area contributed by atoms with Gasteiger partial charge in [0.05, 0.1) is 0 Å². The fourth-order valence-corrected chi connectivity index (χ4v) is 4.30. The van der Waals surface area contributed by atoms with E-state index in [9.17, 15) is 0 Å². The van der Waals surface area contributed by atoms with E-state index in [1.54, 1.807) is 0 Å². The molecule has 108 valence electrons. The van der Waals surface area contributed by atoms with Crippen molar-refractivity contribution in [3.05, 3.63) is 30.3 Å². The summed E-state index contributed by atoms with van der Waals surface area (Å²) in [6.07, 6.45) is 4.26. The molecule has 3 aliphatic rings. The molecule has 3 unspecified atom stereocenters. The zero-order valence-electron chi connectivity index (χ0n) is 12.2. The summed E-state index contributed by atoms with van der Waals surface area (Å²) in [6.45, 7) is 6.12. The van der Waals surface area contributed by atoms with Crippen LogP contribution in [0, 0.1) is 5.92 Å². The lowest BCUT2D eigenvalue weighted by atomic mass is 9.88. The van der Waals surface area contributed by atoms with Gasteiger partial charge < -0.3 is 10.2 Å². The number of para-hydroxylation sites is 1. The number of fused-ring (bicyclic) bond motifs is 2. The molecule has 1 aromatic rings. The second-order valence-electron chi connectivity index (χ2n) is 6.67. The molecule has 3 nitrogen and oxygen atoms in total. The third-order valence-electron chi connectivity index (χ3n) is 5.42. The molecule has 3 aliphatic heterocycles. The molecule has 20 heavy (non-hydrogen) atoms. The van der Waals surface area contributed by atoms with Crippen LogP contribution < -0.4 is 10.2 Å². The van der Waals surface area contributed by atoms with Gasteiger partial charge in [0.15, 0.2) is 0 Å². The van der Waals surface area contributed by atoms with Gasteiger partial charge in [-0.15, -0.1) is 0 Å². The second kappa shape index (κ2) is 5.38. The molecule has 3 atom stereocenters. The van der Waals surface area contributed by atoms with E-state index >= 15 is 0 Å². The predicted molar refractivity (Wildman–Crippen MR) is 83.1 cm³/mol. The molecule has 1 aromatic carbocycles. The summed E-state index contributed by atoms with van der Waals surface area (Å²) in [5, 5.41) is 3.77. The minimum Gasteiger partial charge on any atom is -0.369 e. The lowest BCUT2D eigenvalue weighted by molar-refractivity contribution is 0.201. The van der Waals surface area contributed by atoms with Gasteiger partial charge in [-0.25, -0.2) is 0 Å². The lowest BCUT2D eigenvalue weighted by Crippen LogP contribution is -2.48. The van der Waals surface area contributed by atoms with Gasteiger partial charge in [-0.3, -0.25) is 4.90 Å². The van der Waals surface area contributed by atoms with E-state index in [4.69, 9.17) is 0 Å². The summed E-state index contributed by atoms with van der Waals surface area (Å²) in [7, 11) is 0. The normalized spacial score (nSPS) is 33.8. The van der Waals surface area contributed by atoms with Crippen LogP contribution in [0.3, 0.4) is 0 Å². The number of nitrogens with zero attached hydrogens (tertiary/aromatic N) is 2. The average molecular weight is 271 g/mol. The predicted octanol–water partition coefficient (Wildman–Crippen LogP) is 1.95. The minimum absolute atomic E-state index is 0.826. The molecule has 0 radical (unpaired) electrons. The van der Waals surface area contributed by atoms with Crippen LogP contribution in [-0.2, 0) is 0 Å². The van der Waals surface area contributed by atoms with Crippen LogP contribution in [0.2, 0.25) is 0 Å². The molecule has 3 fully saturated rings. The molecule has 2 bridgehead atoms. The number of hydrogen-bond acceptors (Lipinski definition) is 3. The van der Waals surface area contributed by atoms with Crippen molar-refractivity contribution >= 4 is 5.69 Å². The van der Waals surface area contributed by atoms with Crippen LogP contribution >= 0.6 is 0 Å². The Bertz CT molecular complexity index is 439. The zero-order valence-corrected chi connectivity index (χ0v) is 12.2. The molecule has 0 spiro atoms. The van der Waals surface area contributed by atoms with Crippen LogP contribution in [0.4, 0.5) is 5.69 Å². The topological polar surface area (TPSA) is 18.5 Å². The Hall–Kier alpha value is -1.06. The molecule has 3 heterocycles. The summed E-state index contributed by atoms with van der Waals surface area (Å²) in [5.74, 6) is 0.914. The third-order valence-corrected chi connectivity index (χ3v) is 5.42. The zero-order chi connectivity index (χ0) is 13.4. The quantitative estimate of drug-likeness (QED) is 0.906. The number of hydrogen-bond donors (Lipinski definition) is 1. The van der Waals surface area contributed by atoms with Crippen molar-refractivity contribution < 1.29 is 0 Å². The van der Waals surface area contributed by atoms with E-state index in [1.165, 1.54) is 57.7 Å². The van der Waals surface area contributed by atoms with Crippen molar-refractivity contribution in [2.24, 2.45) is 5.92 Å². The van der Waals surface area contributed by atoms with Crippen molar-refractivity contribution in [2.45, 2.75) is 31.3 Å². The molecule has 3 saturated heterocycles. The maximum atomic E-state index is 3.77. The summed E-state index contributed by atoms with van der Waals surface area (Å²) in [6, 6.07) is 12.5. The van der Waals surface area contributed by atoms with E-state index in [0.29, 0.717) is 0 Å². The summed E-state index contributed by atoms with van der Waals surface area (Å²) in [4.78, 5) is 5.21. The molecule has 3 heteroatoms. The van der Waals surface area contributed by atoms with Gasteiger partial charge in [0, 0.05) is 50.5 Å². The Morgan fingerprint density at radius 2 is 1.80 bits per heavy atom. The van der Waals surface area contributed by atoms with Gasteiger partial charge in [0.2, 0.25) is 0 Å². The standard InChI is InChI=1S/C17H25N3/c1-2-4-16(5-3-1)20-10-8-19(9-11-20)13-14-12-15-6-7-17(14)18-15/h1-5,14-15,17-18H,6-13H2. The Balaban J connectivity index is 1.29. The highest BCUT2D eigenvalue weighted by molar-refractivity contribution is 5.46. The molecule has 0 amide bonds. The summed E-state index contributed by atoms with van der Waals surface area (Å²) in [5.41, 5.74) is 1.38. The van der Waals surface area contributed by atoms with E-state index in [-0.39, 0.29) is 0 Å². The monoisotopic (exact) mass is 271 g/mol. The molecule has 0 aromatic heterocycles. The fourth-order valence-electron chi connectivity index (χ4n) is 4.30. The van der Waals surface area contributed by atoms with Gasteiger partial charge in [0.1, 0.15) is 0 Å². The summed E-state index contributed by atoms with van der Waals surface area (Å²) >= 11 is 0. The van der Waals surface area contributed by atoms with Crippen LogP contribution in [-0.4, -0.2) is 49.7 Å². The highest BCUT2D eigenvalue weighted by Gasteiger charge is 2.39.